The molecule has 0 aliphatic heterocycles. The fraction of sp³-hybridized carbons (Fsp3) is 0.278. The third kappa shape index (κ3) is 4.36. The Balaban J connectivity index is 2.32. The van der Waals surface area contributed by atoms with Crippen molar-refractivity contribution >= 4 is 33.2 Å². The molecule has 0 fully saturated rings. The molecule has 0 unspecified atom stereocenters. The van der Waals surface area contributed by atoms with Gasteiger partial charge in [0.25, 0.3) is 11.6 Å². The first-order valence-corrected chi connectivity index (χ1v) is 8.36. The molecule has 0 aliphatic rings. The summed E-state index contributed by atoms with van der Waals surface area (Å²) in [5, 5.41) is 13.6. The molecule has 0 atom stereocenters. The molecule has 0 aromatic heterocycles. The van der Waals surface area contributed by atoms with Gasteiger partial charge in [-0.15, -0.1) is 0 Å². The maximum atomic E-state index is 12.5. The van der Waals surface area contributed by atoms with Crippen molar-refractivity contribution in [1.29, 1.82) is 0 Å². The second kappa shape index (κ2) is 7.23. The number of non-ortho nitro benzene ring substituents is 1. The predicted octanol–water partition coefficient (Wildman–Crippen LogP) is 4.92. The van der Waals surface area contributed by atoms with Crippen LogP contribution in [-0.4, -0.2) is 17.9 Å². The number of nitro benzene ring substituents is 1. The monoisotopic (exact) mass is 406 g/mol. The maximum absolute atomic E-state index is 12.5. The lowest BCUT2D eigenvalue weighted by Crippen LogP contribution is -2.15. The van der Waals surface area contributed by atoms with Gasteiger partial charge in [0.2, 0.25) is 0 Å². The SMILES string of the molecule is COc1ccc([N+](=O)[O-])cc1NC(=O)c1ccc(C(C)(C)C)c(Br)c1. The molecule has 7 heteroatoms. The standard InChI is InChI=1S/C18H19BrN2O4/c1-18(2,3)13-7-5-11(9-14(13)19)17(22)20-15-10-12(21(23)24)6-8-16(15)25-4/h5-10H,1-4H3,(H,20,22). The van der Waals surface area contributed by atoms with Gasteiger partial charge in [-0.2, -0.15) is 0 Å². The summed E-state index contributed by atoms with van der Waals surface area (Å²) >= 11 is 3.50. The molecule has 132 valence electrons. The van der Waals surface area contributed by atoms with Gasteiger partial charge in [0, 0.05) is 22.2 Å². The van der Waals surface area contributed by atoms with Gasteiger partial charge in [-0.1, -0.05) is 42.8 Å². The van der Waals surface area contributed by atoms with Crippen LogP contribution in [0.3, 0.4) is 0 Å². The molecule has 0 spiro atoms. The second-order valence-corrected chi connectivity index (χ2v) is 7.39. The van der Waals surface area contributed by atoms with Gasteiger partial charge in [0.15, 0.2) is 0 Å². The normalized spacial score (nSPS) is 11.1. The molecule has 2 aromatic carbocycles. The second-order valence-electron chi connectivity index (χ2n) is 6.54. The number of hydrogen-bond acceptors (Lipinski definition) is 4. The number of carbonyl (C=O) groups is 1. The lowest BCUT2D eigenvalue weighted by molar-refractivity contribution is -0.384. The van der Waals surface area contributed by atoms with Crippen molar-refractivity contribution < 1.29 is 14.5 Å². The number of amides is 1. The Morgan fingerprint density at radius 2 is 1.88 bits per heavy atom. The quantitative estimate of drug-likeness (QED) is 0.577. The molecule has 2 rings (SSSR count). The zero-order valence-corrected chi connectivity index (χ0v) is 16.0. The van der Waals surface area contributed by atoms with E-state index in [0.717, 1.165) is 10.0 Å². The number of carbonyl (C=O) groups excluding carboxylic acids is 1. The molecule has 0 saturated heterocycles. The molecule has 1 amide bonds. The van der Waals surface area contributed by atoms with Gasteiger partial charge >= 0.3 is 0 Å². The van der Waals surface area contributed by atoms with Gasteiger partial charge in [-0.3, -0.25) is 14.9 Å². The van der Waals surface area contributed by atoms with E-state index in [1.54, 1.807) is 12.1 Å². The van der Waals surface area contributed by atoms with Gasteiger partial charge in [-0.25, -0.2) is 0 Å². The van der Waals surface area contributed by atoms with Gasteiger partial charge in [0.1, 0.15) is 5.75 Å². The van der Waals surface area contributed by atoms with Crippen LogP contribution in [0.1, 0.15) is 36.7 Å². The molecule has 0 saturated carbocycles. The van der Waals surface area contributed by atoms with Crippen LogP contribution in [0.5, 0.6) is 5.75 Å². The summed E-state index contributed by atoms with van der Waals surface area (Å²) < 4.78 is 5.99. The molecule has 25 heavy (non-hydrogen) atoms. The van der Waals surface area contributed by atoms with E-state index in [2.05, 4.69) is 42.0 Å². The van der Waals surface area contributed by atoms with Gasteiger partial charge in [0.05, 0.1) is 17.7 Å². The molecule has 6 nitrogen and oxygen atoms in total. The van der Waals surface area contributed by atoms with Crippen LogP contribution in [-0.2, 0) is 5.41 Å². The summed E-state index contributed by atoms with van der Waals surface area (Å²) in [7, 11) is 1.44. The first kappa shape index (κ1) is 18.9. The number of rotatable bonds is 4. The minimum absolute atomic E-state index is 0.0584. The summed E-state index contributed by atoms with van der Waals surface area (Å²) in [6, 6.07) is 9.40. The van der Waals surface area contributed by atoms with E-state index >= 15 is 0 Å². The Labute approximate surface area is 154 Å². The van der Waals surface area contributed by atoms with E-state index in [1.807, 2.05) is 6.07 Å². The van der Waals surface area contributed by atoms with Gasteiger partial charge in [-0.05, 0) is 29.2 Å². The third-order valence-electron chi connectivity index (χ3n) is 3.68. The van der Waals surface area contributed by atoms with Crippen molar-refractivity contribution in [2.24, 2.45) is 0 Å². The summed E-state index contributed by atoms with van der Waals surface area (Å²) in [4.78, 5) is 22.9. The Morgan fingerprint density at radius 1 is 1.20 bits per heavy atom. The number of halogens is 1. The van der Waals surface area contributed by atoms with Crippen molar-refractivity contribution in [3.63, 3.8) is 0 Å². The summed E-state index contributed by atoms with van der Waals surface area (Å²) in [6.45, 7) is 6.25. The number of methoxy groups -OCH3 is 1. The summed E-state index contributed by atoms with van der Waals surface area (Å²) in [5.74, 6) is -0.0238. The number of benzene rings is 2. The van der Waals surface area contributed by atoms with E-state index in [9.17, 15) is 14.9 Å². The van der Waals surface area contributed by atoms with E-state index < -0.39 is 4.92 Å². The van der Waals surface area contributed by atoms with Crippen LogP contribution >= 0.6 is 15.9 Å². The fourth-order valence-corrected chi connectivity index (χ4v) is 3.34. The van der Waals surface area contributed by atoms with Crippen LogP contribution < -0.4 is 10.1 Å². The highest BCUT2D eigenvalue weighted by Crippen LogP contribution is 2.32. The van der Waals surface area contributed by atoms with E-state index in [-0.39, 0.29) is 22.7 Å². The Bertz CT molecular complexity index is 828. The van der Waals surface area contributed by atoms with Crippen molar-refractivity contribution in [3.8, 4) is 5.75 Å². The number of anilines is 1. The molecule has 0 bridgehead atoms. The van der Waals surface area contributed by atoms with Crippen LogP contribution in [0.15, 0.2) is 40.9 Å². The van der Waals surface area contributed by atoms with Crippen LogP contribution in [0.25, 0.3) is 0 Å². The van der Waals surface area contributed by atoms with Crippen molar-refractivity contribution in [2.75, 3.05) is 12.4 Å². The number of nitrogens with one attached hydrogen (secondary N) is 1. The van der Waals surface area contributed by atoms with Crippen molar-refractivity contribution in [3.05, 3.63) is 62.1 Å². The summed E-state index contributed by atoms with van der Waals surface area (Å²) in [5.41, 5.74) is 1.58. The molecule has 1 N–H and O–H groups in total. The molecule has 2 aromatic rings. The molecule has 0 heterocycles. The smallest absolute Gasteiger partial charge is 0.271 e. The van der Waals surface area contributed by atoms with E-state index in [4.69, 9.17) is 4.74 Å². The highest BCUT2D eigenvalue weighted by Gasteiger charge is 2.19. The molecule has 0 radical (unpaired) electrons. The van der Waals surface area contributed by atoms with Crippen molar-refractivity contribution in [2.45, 2.75) is 26.2 Å². The minimum atomic E-state index is -0.524. The lowest BCUT2D eigenvalue weighted by atomic mass is 9.86. The number of nitrogens with zero attached hydrogens (tertiary/aromatic N) is 1. The van der Waals surface area contributed by atoms with Crippen LogP contribution in [0, 0.1) is 10.1 Å². The first-order chi connectivity index (χ1) is 11.6. The Kier molecular flexibility index (Phi) is 5.47. The molecule has 0 aliphatic carbocycles. The zero-order chi connectivity index (χ0) is 18.8. The third-order valence-corrected chi connectivity index (χ3v) is 4.34. The largest absolute Gasteiger partial charge is 0.495 e. The summed E-state index contributed by atoms with van der Waals surface area (Å²) in [6.07, 6.45) is 0. The number of ether oxygens (including phenoxy) is 1. The fourth-order valence-electron chi connectivity index (χ4n) is 2.37. The Hall–Kier alpha value is -2.41. The average Bonchev–Trinajstić information content (AvgIpc) is 2.53. The average molecular weight is 407 g/mol. The number of nitro groups is 1. The van der Waals surface area contributed by atoms with E-state index in [1.165, 1.54) is 25.3 Å². The minimum Gasteiger partial charge on any atom is -0.495 e. The molecular formula is C18H19BrN2O4. The predicted molar refractivity (Wildman–Crippen MR) is 100 cm³/mol. The van der Waals surface area contributed by atoms with E-state index in [0.29, 0.717) is 11.3 Å². The zero-order valence-electron chi connectivity index (χ0n) is 14.4. The maximum Gasteiger partial charge on any atom is 0.271 e. The van der Waals surface area contributed by atoms with Crippen LogP contribution in [0.4, 0.5) is 11.4 Å². The molecular weight excluding hydrogens is 388 g/mol. The van der Waals surface area contributed by atoms with Crippen LogP contribution in [0.2, 0.25) is 0 Å². The Morgan fingerprint density at radius 3 is 2.40 bits per heavy atom. The first-order valence-electron chi connectivity index (χ1n) is 7.57. The topological polar surface area (TPSA) is 81.5 Å². The van der Waals surface area contributed by atoms with Crippen molar-refractivity contribution in [1.82, 2.24) is 0 Å². The lowest BCUT2D eigenvalue weighted by Gasteiger charge is -2.21. The number of hydrogen-bond donors (Lipinski definition) is 1. The van der Waals surface area contributed by atoms with Gasteiger partial charge < -0.3 is 10.1 Å². The highest BCUT2D eigenvalue weighted by atomic mass is 79.9. The highest BCUT2D eigenvalue weighted by molar-refractivity contribution is 9.10.